The molecule has 1 aliphatic carbocycles. The molecule has 2 aromatic rings. The number of anilines is 1. The standard InChI is InChI=1S/C22H23FN2O4S/c1-2-3-10-30(28)21-7-4-15(13-24-21)29-20-8-9-25(22(20)27)14-11-17-16(18(23)12-14)5-6-19(17)26/h4,7,11-13,20H,2-3,5-6,8-10H2,1H3/t20-,30?/m1/s1. The van der Waals surface area contributed by atoms with Crippen LogP contribution in [0.25, 0.3) is 0 Å². The number of carbonyl (C=O) groups is 2. The first-order valence-corrected chi connectivity index (χ1v) is 11.5. The largest absolute Gasteiger partial charge is 0.479 e. The average Bonchev–Trinajstić information content (AvgIpc) is 3.30. The number of unbranched alkanes of at least 4 members (excludes halogenated alkanes) is 1. The van der Waals surface area contributed by atoms with Gasteiger partial charge in [-0.3, -0.25) is 13.8 Å². The highest BCUT2D eigenvalue weighted by Gasteiger charge is 2.36. The lowest BCUT2D eigenvalue weighted by molar-refractivity contribution is -0.122. The van der Waals surface area contributed by atoms with Gasteiger partial charge in [-0.25, -0.2) is 9.37 Å². The first-order valence-electron chi connectivity index (χ1n) is 10.2. The van der Waals surface area contributed by atoms with Gasteiger partial charge in [-0.1, -0.05) is 13.3 Å². The number of halogens is 1. The van der Waals surface area contributed by atoms with Crippen LogP contribution in [-0.2, 0) is 22.0 Å². The maximum absolute atomic E-state index is 14.4. The number of amides is 1. The lowest BCUT2D eigenvalue weighted by Gasteiger charge is -2.18. The summed E-state index contributed by atoms with van der Waals surface area (Å²) in [6.45, 7) is 2.42. The smallest absolute Gasteiger partial charge is 0.268 e. The van der Waals surface area contributed by atoms with E-state index in [4.69, 9.17) is 4.74 Å². The highest BCUT2D eigenvalue weighted by molar-refractivity contribution is 7.84. The van der Waals surface area contributed by atoms with Crippen molar-refractivity contribution in [2.75, 3.05) is 17.2 Å². The van der Waals surface area contributed by atoms with Gasteiger partial charge >= 0.3 is 0 Å². The molecule has 1 fully saturated rings. The van der Waals surface area contributed by atoms with E-state index >= 15 is 0 Å². The van der Waals surface area contributed by atoms with Gasteiger partial charge in [-0.2, -0.15) is 0 Å². The maximum atomic E-state index is 14.4. The molecule has 1 aromatic carbocycles. The molecule has 1 saturated heterocycles. The molecule has 1 aliphatic heterocycles. The molecule has 8 heteroatoms. The monoisotopic (exact) mass is 430 g/mol. The number of rotatable bonds is 7. The number of benzene rings is 1. The Balaban J connectivity index is 1.44. The van der Waals surface area contributed by atoms with Gasteiger partial charge in [0.05, 0.1) is 17.0 Å². The van der Waals surface area contributed by atoms with Gasteiger partial charge in [0, 0.05) is 36.4 Å². The summed E-state index contributed by atoms with van der Waals surface area (Å²) in [6, 6.07) is 6.24. The lowest BCUT2D eigenvalue weighted by Crippen LogP contribution is -2.32. The number of hydrogen-bond donors (Lipinski definition) is 0. The van der Waals surface area contributed by atoms with Crippen LogP contribution in [0.2, 0.25) is 0 Å². The van der Waals surface area contributed by atoms with Crippen LogP contribution in [0, 0.1) is 5.82 Å². The first kappa shape index (κ1) is 20.7. The van der Waals surface area contributed by atoms with Crippen molar-refractivity contribution in [2.24, 2.45) is 0 Å². The van der Waals surface area contributed by atoms with Gasteiger partial charge in [0.2, 0.25) is 0 Å². The van der Waals surface area contributed by atoms with Gasteiger partial charge in [0.1, 0.15) is 16.6 Å². The molecule has 4 rings (SSSR count). The number of Topliss-reactive ketones (excluding diaryl/α,β-unsaturated/α-hetero) is 1. The normalized spacial score (nSPS) is 19.3. The molecule has 0 bridgehead atoms. The van der Waals surface area contributed by atoms with Crippen molar-refractivity contribution < 1.29 is 22.9 Å². The van der Waals surface area contributed by atoms with Crippen LogP contribution in [0.3, 0.4) is 0 Å². The Morgan fingerprint density at radius 3 is 2.83 bits per heavy atom. The molecule has 158 valence electrons. The van der Waals surface area contributed by atoms with E-state index in [2.05, 4.69) is 4.98 Å². The summed E-state index contributed by atoms with van der Waals surface area (Å²) in [5.41, 5.74) is 1.20. The van der Waals surface area contributed by atoms with Crippen LogP contribution >= 0.6 is 0 Å². The van der Waals surface area contributed by atoms with Crippen molar-refractivity contribution in [2.45, 2.75) is 50.2 Å². The van der Waals surface area contributed by atoms with E-state index in [1.165, 1.54) is 17.2 Å². The van der Waals surface area contributed by atoms with Crippen LogP contribution in [0.15, 0.2) is 35.5 Å². The maximum Gasteiger partial charge on any atom is 0.268 e. The third-order valence-corrected chi connectivity index (χ3v) is 6.82. The Kier molecular flexibility index (Phi) is 5.94. The van der Waals surface area contributed by atoms with E-state index in [1.54, 1.807) is 18.2 Å². The van der Waals surface area contributed by atoms with Crippen molar-refractivity contribution in [1.29, 1.82) is 0 Å². The van der Waals surface area contributed by atoms with Gasteiger partial charge in [0.15, 0.2) is 11.9 Å². The van der Waals surface area contributed by atoms with E-state index < -0.39 is 22.7 Å². The lowest BCUT2D eigenvalue weighted by atomic mass is 10.1. The second-order valence-corrected chi connectivity index (χ2v) is 9.01. The summed E-state index contributed by atoms with van der Waals surface area (Å²) in [7, 11) is -1.14. The van der Waals surface area contributed by atoms with Crippen molar-refractivity contribution >= 4 is 28.2 Å². The SMILES string of the molecule is CCCCS(=O)c1ccc(O[C@@H]2CCN(c3cc(F)c4c(c3)C(=O)CC4)C2=O)cn1. The van der Waals surface area contributed by atoms with E-state index in [1.807, 2.05) is 6.92 Å². The number of pyridine rings is 1. The molecule has 0 saturated carbocycles. The van der Waals surface area contributed by atoms with Crippen LogP contribution in [0.1, 0.15) is 48.5 Å². The number of ether oxygens (including phenoxy) is 1. The van der Waals surface area contributed by atoms with Crippen molar-refractivity contribution in [3.63, 3.8) is 0 Å². The zero-order valence-electron chi connectivity index (χ0n) is 16.7. The molecule has 0 radical (unpaired) electrons. The fourth-order valence-electron chi connectivity index (χ4n) is 3.79. The molecule has 30 heavy (non-hydrogen) atoms. The minimum absolute atomic E-state index is 0.0901. The predicted molar refractivity (Wildman–Crippen MR) is 111 cm³/mol. The van der Waals surface area contributed by atoms with Crippen LogP contribution in [-0.4, -0.2) is 39.3 Å². The van der Waals surface area contributed by atoms with Crippen molar-refractivity contribution in [1.82, 2.24) is 4.98 Å². The molecule has 0 N–H and O–H groups in total. The Bertz CT molecular complexity index is 1010. The van der Waals surface area contributed by atoms with Crippen LogP contribution in [0.4, 0.5) is 10.1 Å². The van der Waals surface area contributed by atoms with Gasteiger partial charge in [-0.05, 0) is 42.7 Å². The van der Waals surface area contributed by atoms with Gasteiger partial charge in [0.25, 0.3) is 5.91 Å². The topological polar surface area (TPSA) is 76.6 Å². The molecule has 1 unspecified atom stereocenters. The van der Waals surface area contributed by atoms with E-state index in [9.17, 15) is 18.2 Å². The number of aromatic nitrogens is 1. The number of carbonyl (C=O) groups excluding carboxylic acids is 2. The molecule has 1 aromatic heterocycles. The summed E-state index contributed by atoms with van der Waals surface area (Å²) in [6.07, 6.45) is 3.76. The number of nitrogens with zero attached hydrogens (tertiary/aromatic N) is 2. The number of ketones is 1. The molecule has 2 aliphatic rings. The predicted octanol–water partition coefficient (Wildman–Crippen LogP) is 3.44. The summed E-state index contributed by atoms with van der Waals surface area (Å²) in [4.78, 5) is 30.5. The highest BCUT2D eigenvalue weighted by atomic mass is 32.2. The van der Waals surface area contributed by atoms with Crippen molar-refractivity contribution in [3.05, 3.63) is 47.4 Å². The van der Waals surface area contributed by atoms with Gasteiger partial charge in [-0.15, -0.1) is 0 Å². The fraction of sp³-hybridized carbons (Fsp3) is 0.409. The van der Waals surface area contributed by atoms with Crippen molar-refractivity contribution in [3.8, 4) is 5.75 Å². The molecular weight excluding hydrogens is 407 g/mol. The molecule has 6 nitrogen and oxygen atoms in total. The molecule has 2 heterocycles. The summed E-state index contributed by atoms with van der Waals surface area (Å²) >= 11 is 0. The summed E-state index contributed by atoms with van der Waals surface area (Å²) < 4.78 is 32.3. The zero-order chi connectivity index (χ0) is 21.3. The Morgan fingerprint density at radius 2 is 2.10 bits per heavy atom. The molecular formula is C22H23FN2O4S. The van der Waals surface area contributed by atoms with Crippen LogP contribution in [0.5, 0.6) is 5.75 Å². The molecule has 0 spiro atoms. The van der Waals surface area contributed by atoms with E-state index in [-0.39, 0.29) is 11.7 Å². The van der Waals surface area contributed by atoms with Gasteiger partial charge < -0.3 is 9.64 Å². The Labute approximate surface area is 176 Å². The second-order valence-electron chi connectivity index (χ2n) is 7.50. The Hall–Kier alpha value is -2.61. The van der Waals surface area contributed by atoms with E-state index in [0.29, 0.717) is 59.1 Å². The fourth-order valence-corrected chi connectivity index (χ4v) is 4.94. The summed E-state index contributed by atoms with van der Waals surface area (Å²) in [5, 5.41) is 0.494. The van der Waals surface area contributed by atoms with Crippen LogP contribution < -0.4 is 9.64 Å². The quantitative estimate of drug-likeness (QED) is 0.673. The van der Waals surface area contributed by atoms with E-state index in [0.717, 1.165) is 12.8 Å². The second kappa shape index (κ2) is 8.63. The Morgan fingerprint density at radius 1 is 1.27 bits per heavy atom. The number of fused-ring (bicyclic) bond motifs is 1. The minimum atomic E-state index is -1.14. The highest BCUT2D eigenvalue weighted by Crippen LogP contribution is 2.32. The third-order valence-electron chi connectivity index (χ3n) is 5.45. The third kappa shape index (κ3) is 4.01. The molecule has 1 amide bonds. The molecule has 2 atom stereocenters. The summed E-state index contributed by atoms with van der Waals surface area (Å²) in [5.74, 6) is 0.172. The first-order chi connectivity index (χ1) is 14.5. The minimum Gasteiger partial charge on any atom is -0.479 e. The zero-order valence-corrected chi connectivity index (χ0v) is 17.5. The number of hydrogen-bond acceptors (Lipinski definition) is 5. The average molecular weight is 431 g/mol.